The Morgan fingerprint density at radius 3 is 2.53 bits per heavy atom. The summed E-state index contributed by atoms with van der Waals surface area (Å²) >= 11 is 5.83. The lowest BCUT2D eigenvalue weighted by Crippen LogP contribution is -2.05. The Morgan fingerprint density at radius 2 is 2.00 bits per heavy atom. The minimum atomic E-state index is -1.19. The fraction of sp³-hybridized carbons (Fsp3) is 0.143. The van der Waals surface area contributed by atoms with Crippen LogP contribution < -0.4 is 5.73 Å². The molecule has 0 aliphatic heterocycles. The van der Waals surface area contributed by atoms with Crippen LogP contribution in [0.1, 0.15) is 23.0 Å². The maximum absolute atomic E-state index is 11.1. The normalized spacial score (nSPS) is 10.4. The topological polar surface area (TPSA) is 76.2 Å². The van der Waals surface area contributed by atoms with Gasteiger partial charge in [-0.1, -0.05) is 42.8 Å². The number of carbonyl (C=O) groups is 1. The zero-order chi connectivity index (χ0) is 14.0. The monoisotopic (exact) mass is 276 g/mol. The lowest BCUT2D eigenvalue weighted by Gasteiger charge is -2.07. The molecule has 1 aromatic heterocycles. The lowest BCUT2D eigenvalue weighted by atomic mass is 10.1. The van der Waals surface area contributed by atoms with Gasteiger partial charge in [0.05, 0.1) is 16.4 Å². The van der Waals surface area contributed by atoms with Gasteiger partial charge in [-0.25, -0.2) is 9.78 Å². The number of hydrogen-bond donors (Lipinski definition) is 2. The Hall–Kier alpha value is -2.07. The predicted octanol–water partition coefficient (Wildman–Crippen LogP) is 3.24. The van der Waals surface area contributed by atoms with E-state index in [4.69, 9.17) is 22.4 Å². The van der Waals surface area contributed by atoms with Gasteiger partial charge >= 0.3 is 5.97 Å². The van der Waals surface area contributed by atoms with E-state index in [1.54, 1.807) is 6.07 Å². The first-order valence-electron chi connectivity index (χ1n) is 5.81. The number of benzene rings is 1. The summed E-state index contributed by atoms with van der Waals surface area (Å²) in [6, 6.07) is 9.31. The second-order valence-corrected chi connectivity index (χ2v) is 4.49. The van der Waals surface area contributed by atoms with E-state index in [2.05, 4.69) is 11.9 Å². The third-order valence-corrected chi connectivity index (χ3v) is 3.24. The molecule has 0 saturated heterocycles. The van der Waals surface area contributed by atoms with Crippen LogP contribution in [0.2, 0.25) is 5.02 Å². The van der Waals surface area contributed by atoms with Gasteiger partial charge < -0.3 is 10.8 Å². The molecular formula is C14H13ClN2O2. The highest BCUT2D eigenvalue weighted by molar-refractivity contribution is 6.35. The summed E-state index contributed by atoms with van der Waals surface area (Å²) in [6.45, 7) is 2.07. The van der Waals surface area contributed by atoms with E-state index in [1.807, 2.05) is 24.3 Å². The molecular weight excluding hydrogens is 264 g/mol. The molecule has 19 heavy (non-hydrogen) atoms. The highest BCUT2D eigenvalue weighted by Gasteiger charge is 2.15. The van der Waals surface area contributed by atoms with Crippen molar-refractivity contribution in [3.8, 4) is 11.3 Å². The van der Waals surface area contributed by atoms with Gasteiger partial charge in [0.2, 0.25) is 0 Å². The summed E-state index contributed by atoms with van der Waals surface area (Å²) in [5.41, 5.74) is 8.21. The first-order chi connectivity index (χ1) is 9.02. The zero-order valence-corrected chi connectivity index (χ0v) is 11.1. The zero-order valence-electron chi connectivity index (χ0n) is 10.4. The second kappa shape index (κ2) is 5.28. The predicted molar refractivity (Wildman–Crippen MR) is 75.4 cm³/mol. The molecule has 98 valence electrons. The number of aromatic nitrogens is 1. The Bertz CT molecular complexity index is 624. The molecule has 0 spiro atoms. The molecule has 0 fully saturated rings. The largest absolute Gasteiger partial charge is 0.476 e. The van der Waals surface area contributed by atoms with E-state index in [-0.39, 0.29) is 16.4 Å². The molecule has 3 N–H and O–H groups in total. The van der Waals surface area contributed by atoms with E-state index in [0.717, 1.165) is 12.0 Å². The molecule has 0 saturated carbocycles. The molecule has 0 bridgehead atoms. The van der Waals surface area contributed by atoms with Crippen molar-refractivity contribution in [1.82, 2.24) is 4.98 Å². The minimum absolute atomic E-state index is 0.0265. The summed E-state index contributed by atoms with van der Waals surface area (Å²) in [7, 11) is 0. The van der Waals surface area contributed by atoms with Crippen molar-refractivity contribution in [3.05, 3.63) is 46.6 Å². The molecule has 0 radical (unpaired) electrons. The van der Waals surface area contributed by atoms with Crippen LogP contribution in [0.3, 0.4) is 0 Å². The van der Waals surface area contributed by atoms with Crippen molar-refractivity contribution in [1.29, 1.82) is 0 Å². The first-order valence-corrected chi connectivity index (χ1v) is 6.19. The number of nitrogens with two attached hydrogens (primary N) is 1. The maximum Gasteiger partial charge on any atom is 0.356 e. The average Bonchev–Trinajstić information content (AvgIpc) is 2.41. The van der Waals surface area contributed by atoms with Crippen molar-refractivity contribution < 1.29 is 9.90 Å². The van der Waals surface area contributed by atoms with Gasteiger partial charge in [-0.05, 0) is 18.1 Å². The van der Waals surface area contributed by atoms with Crippen molar-refractivity contribution in [3.63, 3.8) is 0 Å². The molecule has 0 amide bonds. The van der Waals surface area contributed by atoms with Crippen molar-refractivity contribution >= 4 is 23.3 Å². The number of nitrogens with zero attached hydrogens (tertiary/aromatic N) is 1. The summed E-state index contributed by atoms with van der Waals surface area (Å²) in [6.07, 6.45) is 0.941. The van der Waals surface area contributed by atoms with Crippen LogP contribution in [-0.4, -0.2) is 16.1 Å². The number of halogens is 1. The van der Waals surface area contributed by atoms with Gasteiger partial charge in [-0.15, -0.1) is 0 Å². The third-order valence-electron chi connectivity index (χ3n) is 2.85. The molecule has 0 aliphatic rings. The van der Waals surface area contributed by atoms with Gasteiger partial charge in [0.15, 0.2) is 5.69 Å². The van der Waals surface area contributed by atoms with Gasteiger partial charge in [0, 0.05) is 5.56 Å². The molecule has 1 aromatic carbocycles. The van der Waals surface area contributed by atoms with Gasteiger partial charge in [0.25, 0.3) is 0 Å². The summed E-state index contributed by atoms with van der Waals surface area (Å²) < 4.78 is 0. The van der Waals surface area contributed by atoms with E-state index >= 15 is 0 Å². The maximum atomic E-state index is 11.1. The van der Waals surface area contributed by atoms with E-state index in [9.17, 15) is 4.79 Å². The van der Waals surface area contributed by atoms with Crippen LogP contribution in [0.15, 0.2) is 30.3 Å². The van der Waals surface area contributed by atoms with Crippen molar-refractivity contribution in [2.45, 2.75) is 13.3 Å². The lowest BCUT2D eigenvalue weighted by molar-refractivity contribution is 0.0691. The minimum Gasteiger partial charge on any atom is -0.476 e. The number of hydrogen-bond acceptors (Lipinski definition) is 3. The Kier molecular flexibility index (Phi) is 3.71. The molecule has 0 aliphatic carbocycles. The molecule has 2 aromatic rings. The quantitative estimate of drug-likeness (QED) is 0.902. The fourth-order valence-electron chi connectivity index (χ4n) is 1.75. The smallest absolute Gasteiger partial charge is 0.356 e. The number of aromatic carboxylic acids is 1. The SMILES string of the molecule is CCc1ccc(-c2cc(N)c(Cl)c(C(=O)O)n2)cc1. The average molecular weight is 277 g/mol. The molecule has 1 heterocycles. The molecule has 5 heteroatoms. The molecule has 2 rings (SSSR count). The van der Waals surface area contributed by atoms with Crippen LogP contribution in [0.4, 0.5) is 5.69 Å². The summed E-state index contributed by atoms with van der Waals surface area (Å²) in [5, 5.41) is 9.01. The van der Waals surface area contributed by atoms with Crippen LogP contribution in [-0.2, 0) is 6.42 Å². The van der Waals surface area contributed by atoms with E-state index in [0.29, 0.717) is 5.69 Å². The number of anilines is 1. The third kappa shape index (κ3) is 2.69. The number of carboxylic acids is 1. The Morgan fingerprint density at radius 1 is 1.37 bits per heavy atom. The van der Waals surface area contributed by atoms with E-state index in [1.165, 1.54) is 5.56 Å². The highest BCUT2D eigenvalue weighted by atomic mass is 35.5. The highest BCUT2D eigenvalue weighted by Crippen LogP contribution is 2.28. The number of aryl methyl sites for hydroxylation is 1. The number of carboxylic acid groups (broad SMARTS) is 1. The van der Waals surface area contributed by atoms with Crippen molar-refractivity contribution in [2.75, 3.05) is 5.73 Å². The Balaban J connectivity index is 2.52. The van der Waals surface area contributed by atoms with E-state index < -0.39 is 5.97 Å². The standard InChI is InChI=1S/C14H13ClN2O2/c1-2-8-3-5-9(6-4-8)11-7-10(16)12(15)13(17-11)14(18)19/h3-7H,2H2,1H3,(H2,16,17)(H,18,19). The van der Waals surface area contributed by atoms with Crippen LogP contribution in [0.25, 0.3) is 11.3 Å². The number of nitrogen functional groups attached to an aromatic ring is 1. The van der Waals surface area contributed by atoms with Gasteiger partial charge in [-0.2, -0.15) is 0 Å². The Labute approximate surface area is 115 Å². The summed E-state index contributed by atoms with van der Waals surface area (Å²) in [5.74, 6) is -1.19. The van der Waals surface area contributed by atoms with Crippen LogP contribution in [0.5, 0.6) is 0 Å². The van der Waals surface area contributed by atoms with Gasteiger partial charge in [0.1, 0.15) is 0 Å². The van der Waals surface area contributed by atoms with Crippen LogP contribution >= 0.6 is 11.6 Å². The van der Waals surface area contributed by atoms with Crippen LogP contribution in [0, 0.1) is 0 Å². The molecule has 0 unspecified atom stereocenters. The number of pyridine rings is 1. The summed E-state index contributed by atoms with van der Waals surface area (Å²) in [4.78, 5) is 15.1. The number of rotatable bonds is 3. The van der Waals surface area contributed by atoms with Crippen molar-refractivity contribution in [2.24, 2.45) is 0 Å². The first kappa shape index (κ1) is 13.4. The fourth-order valence-corrected chi connectivity index (χ4v) is 1.93. The molecule has 0 atom stereocenters. The second-order valence-electron chi connectivity index (χ2n) is 4.11. The van der Waals surface area contributed by atoms with Gasteiger partial charge in [-0.3, -0.25) is 0 Å². The molecule has 4 nitrogen and oxygen atoms in total.